The third-order valence-electron chi connectivity index (χ3n) is 6.83. The van der Waals surface area contributed by atoms with Gasteiger partial charge in [-0.25, -0.2) is 0 Å². The largest absolute Gasteiger partial charge is 0.335 e. The van der Waals surface area contributed by atoms with Gasteiger partial charge in [-0.15, -0.1) is 0 Å². The molecule has 0 aromatic rings. The molecular formula is C21H30F4. The highest BCUT2D eigenvalue weighted by atomic mass is 19.3. The fourth-order valence-corrected chi connectivity index (χ4v) is 5.33. The van der Waals surface area contributed by atoms with Crippen molar-refractivity contribution in [3.8, 4) is 0 Å². The molecule has 0 heterocycles. The zero-order valence-electron chi connectivity index (χ0n) is 15.1. The Kier molecular flexibility index (Phi) is 5.65. The molecule has 0 aromatic heterocycles. The molecule has 4 heteroatoms. The van der Waals surface area contributed by atoms with Gasteiger partial charge < -0.3 is 0 Å². The summed E-state index contributed by atoms with van der Waals surface area (Å²) < 4.78 is 55.4. The molecule has 0 N–H and O–H groups in total. The van der Waals surface area contributed by atoms with E-state index in [4.69, 9.17) is 0 Å². The highest BCUT2D eigenvalue weighted by Crippen LogP contribution is 2.50. The van der Waals surface area contributed by atoms with Crippen LogP contribution in [0.4, 0.5) is 17.6 Å². The van der Waals surface area contributed by atoms with Gasteiger partial charge in [0.2, 0.25) is 0 Å². The van der Waals surface area contributed by atoms with Crippen molar-refractivity contribution in [3.63, 3.8) is 0 Å². The zero-order chi connectivity index (χ0) is 18.1. The lowest BCUT2D eigenvalue weighted by molar-refractivity contribution is -0.161. The average molecular weight is 358 g/mol. The first-order valence-electron chi connectivity index (χ1n) is 10.0. The van der Waals surface area contributed by atoms with Crippen LogP contribution in [0, 0.1) is 23.7 Å². The van der Waals surface area contributed by atoms with Crippen LogP contribution in [-0.2, 0) is 0 Å². The summed E-state index contributed by atoms with van der Waals surface area (Å²) in [5, 5.41) is 0. The van der Waals surface area contributed by atoms with E-state index in [2.05, 4.69) is 6.92 Å². The lowest BCUT2D eigenvalue weighted by Crippen LogP contribution is -2.44. The lowest BCUT2D eigenvalue weighted by Gasteiger charge is -2.40. The molecule has 0 amide bonds. The molecule has 3 aliphatic rings. The third-order valence-corrected chi connectivity index (χ3v) is 6.83. The van der Waals surface area contributed by atoms with Crippen molar-refractivity contribution in [2.45, 2.75) is 83.0 Å². The number of hydrogen-bond acceptors (Lipinski definition) is 0. The number of halogens is 4. The summed E-state index contributed by atoms with van der Waals surface area (Å²) in [6.45, 7) is 2.24. The minimum absolute atomic E-state index is 0.330. The average Bonchev–Trinajstić information content (AvgIpc) is 2.59. The molecule has 0 spiro atoms. The van der Waals surface area contributed by atoms with Crippen molar-refractivity contribution in [1.82, 2.24) is 0 Å². The molecule has 0 saturated heterocycles. The predicted octanol–water partition coefficient (Wildman–Crippen LogP) is 7.17. The van der Waals surface area contributed by atoms with Crippen LogP contribution >= 0.6 is 0 Å². The Morgan fingerprint density at radius 3 is 2.00 bits per heavy atom. The van der Waals surface area contributed by atoms with Gasteiger partial charge in [-0.1, -0.05) is 44.8 Å². The second-order valence-electron chi connectivity index (χ2n) is 8.36. The molecule has 0 radical (unpaired) electrons. The summed E-state index contributed by atoms with van der Waals surface area (Å²) in [4.78, 5) is 0. The van der Waals surface area contributed by atoms with Crippen LogP contribution in [0.2, 0.25) is 0 Å². The van der Waals surface area contributed by atoms with Gasteiger partial charge in [0.1, 0.15) is 0 Å². The minimum atomic E-state index is -4.05. The number of allylic oxidation sites excluding steroid dienone is 4. The van der Waals surface area contributed by atoms with Crippen LogP contribution in [0.15, 0.2) is 23.8 Å². The molecule has 0 nitrogen and oxygen atoms in total. The van der Waals surface area contributed by atoms with Crippen molar-refractivity contribution in [2.24, 2.45) is 23.7 Å². The molecule has 142 valence electrons. The maximum absolute atomic E-state index is 14.1. The fourth-order valence-electron chi connectivity index (χ4n) is 5.33. The van der Waals surface area contributed by atoms with Gasteiger partial charge in [0, 0.05) is 5.57 Å². The zero-order valence-corrected chi connectivity index (χ0v) is 15.1. The first-order valence-corrected chi connectivity index (χ1v) is 10.0. The highest BCUT2D eigenvalue weighted by Gasteiger charge is 2.59. The smallest absolute Gasteiger partial charge is 0.195 e. The molecule has 0 atom stereocenters. The third kappa shape index (κ3) is 3.83. The molecule has 3 aliphatic carbocycles. The van der Waals surface area contributed by atoms with E-state index in [0.717, 1.165) is 30.8 Å². The van der Waals surface area contributed by atoms with E-state index >= 15 is 0 Å². The minimum Gasteiger partial charge on any atom is -0.195 e. The second kappa shape index (κ2) is 7.44. The summed E-state index contributed by atoms with van der Waals surface area (Å²) in [6.07, 6.45) is 13.5. The van der Waals surface area contributed by atoms with Crippen molar-refractivity contribution in [3.05, 3.63) is 23.8 Å². The Balaban J connectivity index is 1.54. The van der Waals surface area contributed by atoms with E-state index < -0.39 is 17.8 Å². The Hall–Kier alpha value is -0.800. The Labute approximate surface area is 148 Å². The van der Waals surface area contributed by atoms with Crippen LogP contribution in [0.5, 0.6) is 0 Å². The lowest BCUT2D eigenvalue weighted by atomic mass is 9.67. The summed E-state index contributed by atoms with van der Waals surface area (Å²) >= 11 is 0. The quantitative estimate of drug-likeness (QED) is 0.467. The molecule has 0 bridgehead atoms. The van der Waals surface area contributed by atoms with E-state index in [1.165, 1.54) is 44.6 Å². The molecule has 3 rings (SSSR count). The molecule has 2 fully saturated rings. The highest BCUT2D eigenvalue weighted by molar-refractivity contribution is 5.33. The van der Waals surface area contributed by atoms with Gasteiger partial charge in [0.15, 0.2) is 0 Å². The van der Waals surface area contributed by atoms with Crippen molar-refractivity contribution in [1.29, 1.82) is 0 Å². The molecule has 0 aliphatic heterocycles. The normalized spacial score (nSPS) is 37.6. The van der Waals surface area contributed by atoms with Gasteiger partial charge in [-0.3, -0.25) is 0 Å². The van der Waals surface area contributed by atoms with E-state index in [-0.39, 0.29) is 5.57 Å². The van der Waals surface area contributed by atoms with Crippen LogP contribution in [0.3, 0.4) is 0 Å². The van der Waals surface area contributed by atoms with Crippen molar-refractivity contribution in [2.75, 3.05) is 0 Å². The summed E-state index contributed by atoms with van der Waals surface area (Å²) in [5.41, 5.74) is -0.342. The molecule has 2 saturated carbocycles. The molecule has 0 aromatic carbocycles. The Morgan fingerprint density at radius 1 is 0.880 bits per heavy atom. The van der Waals surface area contributed by atoms with Gasteiger partial charge in [0.25, 0.3) is 0 Å². The standard InChI is InChI=1S/C21H30F4/c1-2-4-15-6-8-16(9-7-15)17-10-12-18(13-11-17)19-5-3-14-20(22,23)21(19,24)25/h3,5,14-18H,2,4,6-13H2,1H3. The van der Waals surface area contributed by atoms with Gasteiger partial charge in [-0.2, -0.15) is 17.6 Å². The number of alkyl halides is 4. The first kappa shape index (κ1) is 19.0. The molecular weight excluding hydrogens is 328 g/mol. The summed E-state index contributed by atoms with van der Waals surface area (Å²) in [5.74, 6) is -6.27. The maximum Gasteiger partial charge on any atom is 0.335 e. The molecule has 0 unspecified atom stereocenters. The number of rotatable bonds is 4. The SMILES string of the molecule is CCCC1CCC(C2CCC(C3=CC=CC(F)(F)C3(F)F)CC2)CC1. The second-order valence-corrected chi connectivity index (χ2v) is 8.36. The van der Waals surface area contributed by atoms with Crippen LogP contribution < -0.4 is 0 Å². The van der Waals surface area contributed by atoms with Crippen molar-refractivity contribution >= 4 is 0 Å². The summed E-state index contributed by atoms with van der Waals surface area (Å²) in [6, 6.07) is 0. The van der Waals surface area contributed by atoms with Crippen LogP contribution in [0.1, 0.15) is 71.1 Å². The maximum atomic E-state index is 14.1. The molecule has 25 heavy (non-hydrogen) atoms. The van der Waals surface area contributed by atoms with E-state index in [0.29, 0.717) is 24.8 Å². The van der Waals surface area contributed by atoms with E-state index in [9.17, 15) is 17.6 Å². The monoisotopic (exact) mass is 358 g/mol. The van der Waals surface area contributed by atoms with Gasteiger partial charge in [-0.05, 0) is 68.3 Å². The number of hydrogen-bond donors (Lipinski definition) is 0. The van der Waals surface area contributed by atoms with Crippen LogP contribution in [0.25, 0.3) is 0 Å². The first-order chi connectivity index (χ1) is 11.8. The van der Waals surface area contributed by atoms with E-state index in [1.54, 1.807) is 0 Å². The van der Waals surface area contributed by atoms with Crippen LogP contribution in [-0.4, -0.2) is 11.8 Å². The fraction of sp³-hybridized carbons (Fsp3) is 0.810. The van der Waals surface area contributed by atoms with Crippen molar-refractivity contribution < 1.29 is 17.6 Å². The van der Waals surface area contributed by atoms with Gasteiger partial charge >= 0.3 is 11.8 Å². The van der Waals surface area contributed by atoms with Gasteiger partial charge in [0.05, 0.1) is 0 Å². The Morgan fingerprint density at radius 2 is 1.44 bits per heavy atom. The Bertz CT molecular complexity index is 504. The topological polar surface area (TPSA) is 0 Å². The summed E-state index contributed by atoms with van der Waals surface area (Å²) in [7, 11) is 0. The van der Waals surface area contributed by atoms with E-state index in [1.807, 2.05) is 0 Å². The predicted molar refractivity (Wildman–Crippen MR) is 92.9 cm³/mol.